The van der Waals surface area contributed by atoms with Crippen molar-refractivity contribution in [2.75, 3.05) is 19.7 Å². The average Bonchev–Trinajstić information content (AvgIpc) is 2.54. The van der Waals surface area contributed by atoms with Crippen molar-refractivity contribution in [3.63, 3.8) is 0 Å². The van der Waals surface area contributed by atoms with Gasteiger partial charge in [-0.05, 0) is 20.8 Å². The van der Waals surface area contributed by atoms with Gasteiger partial charge in [0.25, 0.3) is 0 Å². The predicted octanol–water partition coefficient (Wildman–Crippen LogP) is 1.12. The Labute approximate surface area is 108 Å². The van der Waals surface area contributed by atoms with Gasteiger partial charge in [0.2, 0.25) is 0 Å². The van der Waals surface area contributed by atoms with E-state index in [9.17, 15) is 22.8 Å². The van der Waals surface area contributed by atoms with Crippen LogP contribution in [0.25, 0.3) is 0 Å². The molecule has 1 aliphatic heterocycles. The Hall–Kier alpha value is -1.15. The Balaban J connectivity index is 2.71. The fourth-order valence-electron chi connectivity index (χ4n) is 1.77. The maximum Gasteiger partial charge on any atom is 0.471 e. The van der Waals surface area contributed by atoms with E-state index in [1.54, 1.807) is 13.8 Å². The first-order valence-electron chi connectivity index (χ1n) is 5.68. The summed E-state index contributed by atoms with van der Waals surface area (Å²) in [5, 5.41) is 0. The number of carbonyl (C=O) groups excluding carboxylic acids is 2. The van der Waals surface area contributed by atoms with Gasteiger partial charge < -0.3 is 14.4 Å². The molecule has 0 aromatic carbocycles. The highest BCUT2D eigenvalue weighted by Crippen LogP contribution is 2.24. The zero-order chi connectivity index (χ0) is 14.8. The minimum absolute atomic E-state index is 0.0759. The second kappa shape index (κ2) is 5.46. The minimum atomic E-state index is -5.01. The summed E-state index contributed by atoms with van der Waals surface area (Å²) in [4.78, 5) is 22.6. The van der Waals surface area contributed by atoms with Gasteiger partial charge in [-0.2, -0.15) is 13.2 Å². The van der Waals surface area contributed by atoms with Crippen LogP contribution < -0.4 is 0 Å². The van der Waals surface area contributed by atoms with Gasteiger partial charge in [-0.3, -0.25) is 9.59 Å². The first-order chi connectivity index (χ1) is 8.51. The van der Waals surface area contributed by atoms with E-state index in [4.69, 9.17) is 9.47 Å². The Morgan fingerprint density at radius 2 is 1.95 bits per heavy atom. The molecule has 1 aliphatic rings. The standard InChI is InChI=1S/C11H16F3NO4/c1-7(16)4-15(9(17)11(12,13)14)5-8-6-18-10(2,3)19-8/h8H,4-6H2,1-3H3. The Morgan fingerprint density at radius 3 is 2.32 bits per heavy atom. The fourth-order valence-corrected chi connectivity index (χ4v) is 1.77. The summed E-state index contributed by atoms with van der Waals surface area (Å²) in [5.74, 6) is -3.47. The van der Waals surface area contributed by atoms with E-state index in [1.165, 1.54) is 0 Å². The molecule has 19 heavy (non-hydrogen) atoms. The van der Waals surface area contributed by atoms with Crippen LogP contribution in [0.15, 0.2) is 0 Å². The molecule has 1 rings (SSSR count). The van der Waals surface area contributed by atoms with Crippen molar-refractivity contribution < 1.29 is 32.2 Å². The number of Topliss-reactive ketones (excluding diaryl/α,β-unsaturated/α-hetero) is 1. The van der Waals surface area contributed by atoms with Crippen LogP contribution in [-0.4, -0.2) is 54.4 Å². The van der Waals surface area contributed by atoms with E-state index in [-0.39, 0.29) is 13.2 Å². The number of hydrogen-bond donors (Lipinski definition) is 0. The number of ketones is 1. The summed E-state index contributed by atoms with van der Waals surface area (Å²) < 4.78 is 47.7. The molecule has 0 aliphatic carbocycles. The van der Waals surface area contributed by atoms with Gasteiger partial charge in [0.05, 0.1) is 19.7 Å². The van der Waals surface area contributed by atoms with Crippen molar-refractivity contribution in [1.82, 2.24) is 4.90 Å². The molecule has 1 atom stereocenters. The first kappa shape index (κ1) is 15.9. The average molecular weight is 283 g/mol. The molecule has 0 spiro atoms. The summed E-state index contributed by atoms with van der Waals surface area (Å²) in [6.07, 6.45) is -5.69. The SMILES string of the molecule is CC(=O)CN(CC1COC(C)(C)O1)C(=O)C(F)(F)F. The molecule has 1 fully saturated rings. The highest BCUT2D eigenvalue weighted by molar-refractivity contribution is 5.87. The Morgan fingerprint density at radius 1 is 1.37 bits per heavy atom. The molecule has 0 saturated carbocycles. The monoisotopic (exact) mass is 283 g/mol. The van der Waals surface area contributed by atoms with Gasteiger partial charge in [0, 0.05) is 0 Å². The minimum Gasteiger partial charge on any atom is -0.348 e. The number of amides is 1. The van der Waals surface area contributed by atoms with Gasteiger partial charge in [-0.15, -0.1) is 0 Å². The Kier molecular flexibility index (Phi) is 4.57. The molecule has 1 heterocycles. The maximum absolute atomic E-state index is 12.4. The number of carbonyl (C=O) groups is 2. The van der Waals surface area contributed by atoms with Gasteiger partial charge in [0.15, 0.2) is 5.79 Å². The molecule has 1 amide bonds. The normalized spacial score (nSPS) is 22.3. The van der Waals surface area contributed by atoms with Gasteiger partial charge in [0.1, 0.15) is 11.9 Å². The van der Waals surface area contributed by atoms with Gasteiger partial charge >= 0.3 is 12.1 Å². The molecule has 0 N–H and O–H groups in total. The zero-order valence-electron chi connectivity index (χ0n) is 10.9. The summed E-state index contributed by atoms with van der Waals surface area (Å²) in [6.45, 7) is 3.50. The number of rotatable bonds is 4. The van der Waals surface area contributed by atoms with E-state index in [0.29, 0.717) is 4.90 Å². The van der Waals surface area contributed by atoms with Crippen LogP contribution in [0, 0.1) is 0 Å². The molecule has 1 saturated heterocycles. The third kappa shape index (κ3) is 4.79. The second-order valence-electron chi connectivity index (χ2n) is 4.84. The van der Waals surface area contributed by atoms with Gasteiger partial charge in [-0.1, -0.05) is 0 Å². The number of ether oxygens (including phenoxy) is 2. The summed E-state index contributed by atoms with van der Waals surface area (Å²) in [7, 11) is 0. The third-order valence-corrected chi connectivity index (χ3v) is 2.43. The highest BCUT2D eigenvalue weighted by Gasteiger charge is 2.44. The predicted molar refractivity (Wildman–Crippen MR) is 58.2 cm³/mol. The number of halogens is 3. The molecule has 5 nitrogen and oxygen atoms in total. The fraction of sp³-hybridized carbons (Fsp3) is 0.818. The first-order valence-corrected chi connectivity index (χ1v) is 5.68. The number of nitrogens with zero attached hydrogens (tertiary/aromatic N) is 1. The molecule has 0 aromatic rings. The summed E-state index contributed by atoms with van der Waals surface area (Å²) in [6, 6.07) is 0. The smallest absolute Gasteiger partial charge is 0.348 e. The van der Waals surface area contributed by atoms with Crippen LogP contribution in [0.4, 0.5) is 13.2 Å². The van der Waals surface area contributed by atoms with Crippen molar-refractivity contribution in [1.29, 1.82) is 0 Å². The van der Waals surface area contributed by atoms with Crippen LogP contribution in [0.2, 0.25) is 0 Å². The molecular weight excluding hydrogens is 267 g/mol. The van der Waals surface area contributed by atoms with E-state index in [0.717, 1.165) is 6.92 Å². The molecular formula is C11H16F3NO4. The van der Waals surface area contributed by atoms with E-state index < -0.39 is 36.3 Å². The Bertz CT molecular complexity index is 367. The van der Waals surface area contributed by atoms with Crippen molar-refractivity contribution in [3.05, 3.63) is 0 Å². The van der Waals surface area contributed by atoms with E-state index >= 15 is 0 Å². The van der Waals surface area contributed by atoms with E-state index in [2.05, 4.69) is 0 Å². The van der Waals surface area contributed by atoms with Crippen LogP contribution in [0.1, 0.15) is 20.8 Å². The second-order valence-corrected chi connectivity index (χ2v) is 4.84. The molecule has 0 radical (unpaired) electrons. The van der Waals surface area contributed by atoms with Crippen molar-refractivity contribution in [2.24, 2.45) is 0 Å². The largest absolute Gasteiger partial charge is 0.471 e. The summed E-state index contributed by atoms with van der Waals surface area (Å²) >= 11 is 0. The van der Waals surface area contributed by atoms with Crippen LogP contribution in [0.5, 0.6) is 0 Å². The molecule has 1 unspecified atom stereocenters. The highest BCUT2D eigenvalue weighted by atomic mass is 19.4. The van der Waals surface area contributed by atoms with Gasteiger partial charge in [-0.25, -0.2) is 0 Å². The lowest BCUT2D eigenvalue weighted by molar-refractivity contribution is -0.188. The van der Waals surface area contributed by atoms with Crippen molar-refractivity contribution >= 4 is 11.7 Å². The lowest BCUT2D eigenvalue weighted by Gasteiger charge is -2.25. The molecule has 8 heteroatoms. The number of hydrogen-bond acceptors (Lipinski definition) is 4. The maximum atomic E-state index is 12.4. The van der Waals surface area contributed by atoms with Crippen molar-refractivity contribution in [2.45, 2.75) is 38.8 Å². The zero-order valence-corrected chi connectivity index (χ0v) is 10.9. The quantitative estimate of drug-likeness (QED) is 0.776. The molecule has 110 valence electrons. The lowest BCUT2D eigenvalue weighted by Crippen LogP contribution is -2.47. The third-order valence-electron chi connectivity index (χ3n) is 2.43. The molecule has 0 aromatic heterocycles. The van der Waals surface area contributed by atoms with Crippen LogP contribution in [-0.2, 0) is 19.1 Å². The topological polar surface area (TPSA) is 55.8 Å². The molecule has 0 bridgehead atoms. The van der Waals surface area contributed by atoms with Crippen LogP contribution >= 0.6 is 0 Å². The van der Waals surface area contributed by atoms with Crippen molar-refractivity contribution in [3.8, 4) is 0 Å². The summed E-state index contributed by atoms with van der Waals surface area (Å²) in [5.41, 5.74) is 0. The number of alkyl halides is 3. The van der Waals surface area contributed by atoms with Crippen LogP contribution in [0.3, 0.4) is 0 Å². The lowest BCUT2D eigenvalue weighted by atomic mass is 10.3. The van der Waals surface area contributed by atoms with E-state index in [1.807, 2.05) is 0 Å².